The predicted octanol–water partition coefficient (Wildman–Crippen LogP) is -0.168. The lowest BCUT2D eigenvalue weighted by molar-refractivity contribution is -0.142. The lowest BCUT2D eigenvalue weighted by Gasteiger charge is -2.25. The van der Waals surface area contributed by atoms with Gasteiger partial charge in [-0.1, -0.05) is 36.4 Å². The van der Waals surface area contributed by atoms with Crippen LogP contribution < -0.4 is 33.2 Å². The Morgan fingerprint density at radius 2 is 1.09 bits per heavy atom. The summed E-state index contributed by atoms with van der Waals surface area (Å²) in [5.74, 6) is -5.20. The third-order valence-electron chi connectivity index (χ3n) is 7.79. The van der Waals surface area contributed by atoms with Crippen molar-refractivity contribution in [2.75, 3.05) is 0 Å². The molecule has 2 aromatic heterocycles. The van der Waals surface area contributed by atoms with Crippen LogP contribution in [0.5, 0.6) is 0 Å². The standard InChI is InChI=1S/C32H38N8O7/c33-21(13-17-15-36-22-7-3-1-5-19(17)22)29(43)38-24(9-11-27(34)41)30(44)40-26(14-18-16-37-23-8-4-2-6-20(18)23)31(45)39-25(32(46)47)10-12-28(35)42/h1-8,15-16,21,24-26,36-37H,9-14,33H2,(H2,34,41)(H2,35,42)(H,38,43)(H,39,45)(H,40,44)(H,46,47). The molecule has 4 atom stereocenters. The first kappa shape index (κ1) is 34.2. The molecular formula is C32H38N8O7. The fraction of sp³-hybridized carbons (Fsp3) is 0.312. The number of amides is 5. The van der Waals surface area contributed by atoms with Crippen LogP contribution in [0.15, 0.2) is 60.9 Å². The van der Waals surface area contributed by atoms with E-state index in [-0.39, 0.29) is 38.5 Å². The van der Waals surface area contributed by atoms with Gasteiger partial charge in [-0.15, -0.1) is 0 Å². The number of aromatic nitrogens is 2. The number of aromatic amines is 2. The minimum absolute atomic E-state index is 0.0691. The molecule has 4 rings (SSSR count). The van der Waals surface area contributed by atoms with Crippen LogP contribution >= 0.6 is 0 Å². The van der Waals surface area contributed by atoms with E-state index in [9.17, 15) is 33.9 Å². The number of carbonyl (C=O) groups excluding carboxylic acids is 5. The van der Waals surface area contributed by atoms with Crippen molar-refractivity contribution < 1.29 is 33.9 Å². The molecule has 0 bridgehead atoms. The normalized spacial score (nSPS) is 13.7. The number of carboxylic acids is 1. The minimum Gasteiger partial charge on any atom is -0.480 e. The van der Waals surface area contributed by atoms with Gasteiger partial charge in [-0.2, -0.15) is 0 Å². The summed E-state index contributed by atoms with van der Waals surface area (Å²) < 4.78 is 0. The van der Waals surface area contributed by atoms with Gasteiger partial charge in [0.1, 0.15) is 18.1 Å². The number of nitrogens with two attached hydrogens (primary N) is 3. The molecule has 15 nitrogen and oxygen atoms in total. The van der Waals surface area contributed by atoms with E-state index in [1.807, 2.05) is 42.5 Å². The highest BCUT2D eigenvalue weighted by molar-refractivity contribution is 5.95. The van der Waals surface area contributed by atoms with Crippen LogP contribution in [0, 0.1) is 0 Å². The number of benzene rings is 2. The summed E-state index contributed by atoms with van der Waals surface area (Å²) in [7, 11) is 0. The largest absolute Gasteiger partial charge is 0.480 e. The lowest BCUT2D eigenvalue weighted by atomic mass is 10.0. The van der Waals surface area contributed by atoms with E-state index in [1.54, 1.807) is 18.5 Å². The lowest BCUT2D eigenvalue weighted by Crippen LogP contribution is -2.58. The van der Waals surface area contributed by atoms with Crippen molar-refractivity contribution in [3.63, 3.8) is 0 Å². The fourth-order valence-corrected chi connectivity index (χ4v) is 5.28. The maximum atomic E-state index is 13.7. The molecule has 0 fully saturated rings. The van der Waals surface area contributed by atoms with E-state index < -0.39 is 59.7 Å². The van der Waals surface area contributed by atoms with Crippen LogP contribution in [0.1, 0.15) is 36.8 Å². The van der Waals surface area contributed by atoms with Crippen LogP contribution in [-0.2, 0) is 41.6 Å². The van der Waals surface area contributed by atoms with Crippen molar-refractivity contribution in [1.29, 1.82) is 0 Å². The van der Waals surface area contributed by atoms with E-state index in [4.69, 9.17) is 17.2 Å². The molecule has 2 heterocycles. The van der Waals surface area contributed by atoms with Crippen molar-refractivity contribution in [3.8, 4) is 0 Å². The first-order chi connectivity index (χ1) is 22.4. The van der Waals surface area contributed by atoms with Crippen LogP contribution in [0.4, 0.5) is 0 Å². The molecule has 47 heavy (non-hydrogen) atoms. The van der Waals surface area contributed by atoms with Gasteiger partial charge < -0.3 is 48.2 Å². The molecule has 15 heteroatoms. The van der Waals surface area contributed by atoms with Gasteiger partial charge in [0.05, 0.1) is 6.04 Å². The summed E-state index contributed by atoms with van der Waals surface area (Å²) in [5, 5.41) is 18.9. The smallest absolute Gasteiger partial charge is 0.326 e. The first-order valence-electron chi connectivity index (χ1n) is 15.0. The summed E-state index contributed by atoms with van der Waals surface area (Å²) in [4.78, 5) is 81.3. The van der Waals surface area contributed by atoms with Gasteiger partial charge in [0.15, 0.2) is 0 Å². The van der Waals surface area contributed by atoms with E-state index >= 15 is 0 Å². The number of nitrogens with one attached hydrogen (secondary N) is 5. The first-order valence-corrected chi connectivity index (χ1v) is 15.0. The predicted molar refractivity (Wildman–Crippen MR) is 172 cm³/mol. The number of H-pyrrole nitrogens is 2. The molecule has 0 saturated carbocycles. The number of rotatable bonds is 17. The van der Waals surface area contributed by atoms with Crippen molar-refractivity contribution >= 4 is 57.3 Å². The zero-order valence-electron chi connectivity index (χ0n) is 25.5. The summed E-state index contributed by atoms with van der Waals surface area (Å²) >= 11 is 0. The Morgan fingerprint density at radius 1 is 0.638 bits per heavy atom. The molecule has 2 aromatic carbocycles. The van der Waals surface area contributed by atoms with Gasteiger partial charge in [-0.3, -0.25) is 24.0 Å². The number of carboxylic acid groups (broad SMARTS) is 1. The maximum Gasteiger partial charge on any atom is 0.326 e. The fourth-order valence-electron chi connectivity index (χ4n) is 5.28. The van der Waals surface area contributed by atoms with Crippen LogP contribution in [0.2, 0.25) is 0 Å². The Labute approximate surface area is 269 Å². The second-order valence-corrected chi connectivity index (χ2v) is 11.3. The van der Waals surface area contributed by atoms with Crippen molar-refractivity contribution in [2.24, 2.45) is 17.2 Å². The SMILES string of the molecule is NC(=O)CCC(NC(=O)C(Cc1c[nH]c2ccccc12)NC(=O)C(CCC(N)=O)NC(=O)C(N)Cc1c[nH]c2ccccc12)C(=O)O. The Morgan fingerprint density at radius 3 is 1.62 bits per heavy atom. The third-order valence-corrected chi connectivity index (χ3v) is 7.79. The second-order valence-electron chi connectivity index (χ2n) is 11.3. The summed E-state index contributed by atoms with van der Waals surface area (Å²) in [6.45, 7) is 0. The minimum atomic E-state index is -1.47. The molecule has 4 aromatic rings. The van der Waals surface area contributed by atoms with E-state index in [2.05, 4.69) is 25.9 Å². The van der Waals surface area contributed by atoms with E-state index in [1.165, 1.54) is 0 Å². The Hall–Kier alpha value is -5.70. The molecule has 12 N–H and O–H groups in total. The molecule has 0 radical (unpaired) electrons. The molecule has 0 aliphatic rings. The summed E-state index contributed by atoms with van der Waals surface area (Å²) in [6, 6.07) is 9.58. The molecular weight excluding hydrogens is 608 g/mol. The van der Waals surface area contributed by atoms with Crippen molar-refractivity contribution in [3.05, 3.63) is 72.1 Å². The average Bonchev–Trinajstić information content (AvgIpc) is 3.64. The topological polar surface area (TPSA) is 268 Å². The van der Waals surface area contributed by atoms with E-state index in [0.29, 0.717) is 5.56 Å². The highest BCUT2D eigenvalue weighted by Gasteiger charge is 2.31. The van der Waals surface area contributed by atoms with Crippen LogP contribution in [0.25, 0.3) is 21.8 Å². The number of para-hydroxylation sites is 2. The van der Waals surface area contributed by atoms with Gasteiger partial charge in [0.2, 0.25) is 29.5 Å². The average molecular weight is 647 g/mol. The zero-order valence-corrected chi connectivity index (χ0v) is 25.5. The van der Waals surface area contributed by atoms with Crippen LogP contribution in [0.3, 0.4) is 0 Å². The Kier molecular flexibility index (Phi) is 11.3. The number of carbonyl (C=O) groups is 6. The summed E-state index contributed by atoms with van der Waals surface area (Å²) in [5.41, 5.74) is 19.8. The Balaban J connectivity index is 1.54. The van der Waals surface area contributed by atoms with Crippen LogP contribution in [-0.4, -0.2) is 74.7 Å². The highest BCUT2D eigenvalue weighted by Crippen LogP contribution is 2.20. The molecule has 5 amide bonds. The number of hydrogen-bond acceptors (Lipinski definition) is 7. The monoisotopic (exact) mass is 646 g/mol. The zero-order chi connectivity index (χ0) is 34.1. The quantitative estimate of drug-likeness (QED) is 0.0741. The van der Waals surface area contributed by atoms with Gasteiger partial charge in [0.25, 0.3) is 0 Å². The van der Waals surface area contributed by atoms with Gasteiger partial charge in [-0.05, 0) is 42.5 Å². The molecule has 0 saturated heterocycles. The Bertz CT molecular complexity index is 1780. The number of primary amides is 2. The number of aliphatic carboxylic acids is 1. The molecule has 248 valence electrons. The molecule has 0 spiro atoms. The second kappa shape index (κ2) is 15.5. The van der Waals surface area contributed by atoms with Gasteiger partial charge in [0, 0.05) is 53.5 Å². The molecule has 0 aliphatic heterocycles. The highest BCUT2D eigenvalue weighted by atomic mass is 16.4. The number of hydrogen-bond donors (Lipinski definition) is 9. The van der Waals surface area contributed by atoms with Crippen molar-refractivity contribution in [1.82, 2.24) is 25.9 Å². The van der Waals surface area contributed by atoms with Gasteiger partial charge >= 0.3 is 5.97 Å². The van der Waals surface area contributed by atoms with Crippen molar-refractivity contribution in [2.45, 2.75) is 62.7 Å². The van der Waals surface area contributed by atoms with E-state index in [0.717, 1.165) is 27.4 Å². The number of fused-ring (bicyclic) bond motifs is 2. The summed E-state index contributed by atoms with van der Waals surface area (Å²) in [6.07, 6.45) is 2.47. The molecule has 0 aliphatic carbocycles. The van der Waals surface area contributed by atoms with Gasteiger partial charge in [-0.25, -0.2) is 4.79 Å². The maximum absolute atomic E-state index is 13.7. The third kappa shape index (κ3) is 9.17. The molecule has 4 unspecified atom stereocenters.